The molecule has 0 amide bonds. The van der Waals surface area contributed by atoms with Gasteiger partial charge in [-0.3, -0.25) is 0 Å². The van der Waals surface area contributed by atoms with Crippen molar-refractivity contribution in [2.24, 2.45) is 0 Å². The summed E-state index contributed by atoms with van der Waals surface area (Å²) in [5, 5.41) is 22.0. The summed E-state index contributed by atoms with van der Waals surface area (Å²) in [5.41, 5.74) is 1.21. The molecule has 86 valence electrons. The molecule has 1 aromatic rings. The molecule has 1 unspecified atom stereocenters. The molecule has 0 aliphatic heterocycles. The van der Waals surface area contributed by atoms with Crippen LogP contribution in [-0.4, -0.2) is 17.8 Å². The molecule has 16 heavy (non-hydrogen) atoms. The van der Waals surface area contributed by atoms with E-state index in [1.165, 1.54) is 0 Å². The molecule has 0 aromatic heterocycles. The number of hydrogen-bond donors (Lipinski definition) is 2. The van der Waals surface area contributed by atoms with Gasteiger partial charge in [0.25, 0.3) is 0 Å². The number of rotatable bonds is 5. The van der Waals surface area contributed by atoms with E-state index in [2.05, 4.69) is 11.4 Å². The number of nitrogens with zero attached hydrogens (tertiary/aromatic N) is 1. The monoisotopic (exact) mass is 238 g/mol. The minimum absolute atomic E-state index is 0.382. The number of nitrogens with one attached hydrogen (secondary N) is 1. The molecule has 1 aromatic carbocycles. The average molecular weight is 239 g/mol. The smallest absolute Gasteiger partial charge is 0.101 e. The van der Waals surface area contributed by atoms with Gasteiger partial charge in [0, 0.05) is 11.6 Å². The predicted molar refractivity (Wildman–Crippen MR) is 65.6 cm³/mol. The maximum absolute atomic E-state index is 9.56. The molecule has 1 atom stereocenters. The van der Waals surface area contributed by atoms with Crippen LogP contribution in [0.25, 0.3) is 0 Å². The van der Waals surface area contributed by atoms with Crippen LogP contribution in [0.1, 0.15) is 25.3 Å². The molecule has 0 bridgehead atoms. The lowest BCUT2D eigenvalue weighted by Crippen LogP contribution is -2.19. The van der Waals surface area contributed by atoms with Crippen molar-refractivity contribution in [3.8, 4) is 6.07 Å². The third kappa shape index (κ3) is 3.73. The molecule has 2 N–H and O–H groups in total. The number of aliphatic hydroxyl groups is 1. The first-order chi connectivity index (χ1) is 7.67. The number of hydrogen-bond acceptors (Lipinski definition) is 3. The van der Waals surface area contributed by atoms with Crippen LogP contribution < -0.4 is 5.32 Å². The highest BCUT2D eigenvalue weighted by Crippen LogP contribution is 2.19. The summed E-state index contributed by atoms with van der Waals surface area (Å²) >= 11 is 5.78. The van der Waals surface area contributed by atoms with Gasteiger partial charge < -0.3 is 10.4 Å². The molecule has 0 radical (unpaired) electrons. The van der Waals surface area contributed by atoms with Crippen molar-refractivity contribution in [2.75, 3.05) is 11.9 Å². The third-order valence-corrected chi connectivity index (χ3v) is 2.49. The van der Waals surface area contributed by atoms with Crippen LogP contribution in [-0.2, 0) is 0 Å². The van der Waals surface area contributed by atoms with Crippen molar-refractivity contribution >= 4 is 17.3 Å². The Hall–Kier alpha value is -1.24. The van der Waals surface area contributed by atoms with E-state index in [0.29, 0.717) is 22.8 Å². The molecule has 0 saturated heterocycles. The van der Waals surface area contributed by atoms with Crippen LogP contribution in [0.5, 0.6) is 0 Å². The van der Waals surface area contributed by atoms with Gasteiger partial charge in [0.15, 0.2) is 0 Å². The van der Waals surface area contributed by atoms with E-state index >= 15 is 0 Å². The minimum atomic E-state index is -0.382. The van der Waals surface area contributed by atoms with Crippen LogP contribution in [0.3, 0.4) is 0 Å². The van der Waals surface area contributed by atoms with Crippen molar-refractivity contribution in [2.45, 2.75) is 25.9 Å². The van der Waals surface area contributed by atoms with Gasteiger partial charge in [0.05, 0.1) is 17.4 Å². The van der Waals surface area contributed by atoms with Crippen LogP contribution in [0.2, 0.25) is 5.02 Å². The summed E-state index contributed by atoms with van der Waals surface area (Å²) in [6, 6.07) is 7.14. The largest absolute Gasteiger partial charge is 0.391 e. The molecule has 0 saturated carbocycles. The Kier molecular flexibility index (Phi) is 5.10. The zero-order valence-corrected chi connectivity index (χ0v) is 9.96. The summed E-state index contributed by atoms with van der Waals surface area (Å²) in [4.78, 5) is 0. The van der Waals surface area contributed by atoms with Gasteiger partial charge in [-0.15, -0.1) is 0 Å². The summed E-state index contributed by atoms with van der Waals surface area (Å²) in [6.45, 7) is 2.47. The second-order valence-corrected chi connectivity index (χ2v) is 4.06. The van der Waals surface area contributed by atoms with Gasteiger partial charge in [-0.1, -0.05) is 24.9 Å². The zero-order valence-electron chi connectivity index (χ0n) is 9.20. The average Bonchev–Trinajstić information content (AvgIpc) is 2.27. The van der Waals surface area contributed by atoms with Gasteiger partial charge in [0.1, 0.15) is 6.07 Å². The second kappa shape index (κ2) is 6.37. The minimum Gasteiger partial charge on any atom is -0.391 e. The van der Waals surface area contributed by atoms with Gasteiger partial charge in [-0.2, -0.15) is 5.26 Å². The highest BCUT2D eigenvalue weighted by atomic mass is 35.5. The second-order valence-electron chi connectivity index (χ2n) is 3.63. The van der Waals surface area contributed by atoms with Crippen LogP contribution >= 0.6 is 11.6 Å². The molecule has 1 rings (SSSR count). The Balaban J connectivity index is 2.64. The lowest BCUT2D eigenvalue weighted by atomic mass is 10.1. The highest BCUT2D eigenvalue weighted by Gasteiger charge is 2.05. The maximum atomic E-state index is 9.56. The Morgan fingerprint density at radius 1 is 1.56 bits per heavy atom. The van der Waals surface area contributed by atoms with Crippen molar-refractivity contribution in [3.05, 3.63) is 28.8 Å². The Bertz CT molecular complexity index is 387. The highest BCUT2D eigenvalue weighted by molar-refractivity contribution is 6.30. The standard InChI is InChI=1S/C12H15ClN2O/c1-2-3-11(16)8-15-12-5-4-10(13)6-9(12)7-14/h4-6,11,15-16H,2-3,8H2,1H3. The van der Waals surface area contributed by atoms with Gasteiger partial charge >= 0.3 is 0 Å². The number of aliphatic hydroxyl groups excluding tert-OH is 1. The first-order valence-electron chi connectivity index (χ1n) is 5.29. The van der Waals surface area contributed by atoms with Crippen LogP contribution in [0.4, 0.5) is 5.69 Å². The first kappa shape index (κ1) is 12.8. The van der Waals surface area contributed by atoms with Gasteiger partial charge in [-0.05, 0) is 24.6 Å². The number of benzene rings is 1. The summed E-state index contributed by atoms with van der Waals surface area (Å²) in [5.74, 6) is 0. The maximum Gasteiger partial charge on any atom is 0.101 e. The normalized spacial score (nSPS) is 11.9. The fourth-order valence-corrected chi connectivity index (χ4v) is 1.60. The van der Waals surface area contributed by atoms with Gasteiger partial charge in [0.2, 0.25) is 0 Å². The quantitative estimate of drug-likeness (QED) is 0.830. The first-order valence-corrected chi connectivity index (χ1v) is 5.66. The lowest BCUT2D eigenvalue weighted by Gasteiger charge is -2.12. The predicted octanol–water partition coefficient (Wildman–Crippen LogP) is 2.78. The SMILES string of the molecule is CCCC(O)CNc1ccc(Cl)cc1C#N. The number of halogens is 1. The van der Waals surface area contributed by atoms with E-state index in [1.54, 1.807) is 18.2 Å². The molecule has 3 nitrogen and oxygen atoms in total. The van der Waals surface area contributed by atoms with Crippen molar-refractivity contribution in [1.29, 1.82) is 5.26 Å². The summed E-state index contributed by atoms with van der Waals surface area (Å²) in [7, 11) is 0. The fourth-order valence-electron chi connectivity index (χ4n) is 1.43. The number of nitriles is 1. The van der Waals surface area contributed by atoms with E-state index in [4.69, 9.17) is 16.9 Å². The van der Waals surface area contributed by atoms with Crippen molar-refractivity contribution in [3.63, 3.8) is 0 Å². The molecule has 0 spiro atoms. The van der Waals surface area contributed by atoms with E-state index in [0.717, 1.165) is 12.8 Å². The van der Waals surface area contributed by atoms with Crippen molar-refractivity contribution < 1.29 is 5.11 Å². The third-order valence-electron chi connectivity index (χ3n) is 2.25. The molecule has 0 fully saturated rings. The Morgan fingerprint density at radius 3 is 2.94 bits per heavy atom. The molecule has 0 heterocycles. The zero-order chi connectivity index (χ0) is 12.0. The van der Waals surface area contributed by atoms with E-state index in [-0.39, 0.29) is 6.10 Å². The molecule has 4 heteroatoms. The summed E-state index contributed by atoms with van der Waals surface area (Å²) < 4.78 is 0. The van der Waals surface area contributed by atoms with Crippen molar-refractivity contribution in [1.82, 2.24) is 0 Å². The van der Waals surface area contributed by atoms with E-state index in [9.17, 15) is 5.11 Å². The van der Waals surface area contributed by atoms with E-state index < -0.39 is 0 Å². The lowest BCUT2D eigenvalue weighted by molar-refractivity contribution is 0.176. The Morgan fingerprint density at radius 2 is 2.31 bits per heavy atom. The number of anilines is 1. The summed E-state index contributed by atoms with van der Waals surface area (Å²) in [6.07, 6.45) is 1.31. The Labute approximate surface area is 101 Å². The van der Waals surface area contributed by atoms with Crippen LogP contribution in [0.15, 0.2) is 18.2 Å². The fraction of sp³-hybridized carbons (Fsp3) is 0.417. The molecular formula is C12H15ClN2O. The molecular weight excluding hydrogens is 224 g/mol. The van der Waals surface area contributed by atoms with Crippen LogP contribution in [0, 0.1) is 11.3 Å². The molecule has 0 aliphatic carbocycles. The topological polar surface area (TPSA) is 56.0 Å². The van der Waals surface area contributed by atoms with E-state index in [1.807, 2.05) is 6.92 Å². The van der Waals surface area contributed by atoms with Gasteiger partial charge in [-0.25, -0.2) is 0 Å². The molecule has 0 aliphatic rings.